The highest BCUT2D eigenvalue weighted by Crippen LogP contribution is 2.20. The first kappa shape index (κ1) is 12.2. The fourth-order valence-electron chi connectivity index (χ4n) is 2.25. The zero-order chi connectivity index (χ0) is 13.8. The second-order valence-corrected chi connectivity index (χ2v) is 4.64. The van der Waals surface area contributed by atoms with E-state index in [1.807, 2.05) is 24.3 Å². The second-order valence-electron chi connectivity index (χ2n) is 4.64. The molecule has 0 fully saturated rings. The standard InChI is InChI=1S/C19H13N/c20-14-16-10-8-15(9-11-16)12-13-18-6-3-5-17-4-1-2-7-19(17)18/h1-13H. The maximum Gasteiger partial charge on any atom is 0.0991 e. The number of hydrogen-bond donors (Lipinski definition) is 0. The molecule has 1 heteroatoms. The molecular formula is C19H13N. The van der Waals surface area contributed by atoms with Crippen molar-refractivity contribution in [2.24, 2.45) is 0 Å². The molecule has 0 aliphatic carbocycles. The lowest BCUT2D eigenvalue weighted by molar-refractivity contribution is 1.48. The average Bonchev–Trinajstić information content (AvgIpc) is 2.53. The highest BCUT2D eigenvalue weighted by atomic mass is 14.2. The van der Waals surface area contributed by atoms with Crippen molar-refractivity contribution in [3.63, 3.8) is 0 Å². The van der Waals surface area contributed by atoms with Crippen LogP contribution in [0.5, 0.6) is 0 Å². The third-order valence-electron chi connectivity index (χ3n) is 3.32. The third-order valence-corrected chi connectivity index (χ3v) is 3.32. The van der Waals surface area contributed by atoms with Crippen molar-refractivity contribution in [1.29, 1.82) is 5.26 Å². The Kier molecular flexibility index (Phi) is 3.31. The van der Waals surface area contributed by atoms with Gasteiger partial charge < -0.3 is 0 Å². The molecule has 0 saturated heterocycles. The lowest BCUT2D eigenvalue weighted by atomic mass is 10.0. The van der Waals surface area contributed by atoms with Gasteiger partial charge in [0.2, 0.25) is 0 Å². The van der Waals surface area contributed by atoms with Gasteiger partial charge in [-0.05, 0) is 34.0 Å². The first-order valence-electron chi connectivity index (χ1n) is 6.53. The summed E-state index contributed by atoms with van der Waals surface area (Å²) in [7, 11) is 0. The van der Waals surface area contributed by atoms with E-state index in [9.17, 15) is 0 Å². The minimum absolute atomic E-state index is 0.687. The van der Waals surface area contributed by atoms with Crippen LogP contribution in [0.15, 0.2) is 66.7 Å². The van der Waals surface area contributed by atoms with Crippen LogP contribution in [0, 0.1) is 11.3 Å². The molecule has 0 aromatic heterocycles. The normalized spacial score (nSPS) is 10.8. The van der Waals surface area contributed by atoms with E-state index in [2.05, 4.69) is 60.7 Å². The van der Waals surface area contributed by atoms with Gasteiger partial charge in [-0.2, -0.15) is 5.26 Å². The summed E-state index contributed by atoms with van der Waals surface area (Å²) in [5, 5.41) is 11.3. The summed E-state index contributed by atoms with van der Waals surface area (Å²) >= 11 is 0. The minimum Gasteiger partial charge on any atom is -0.192 e. The van der Waals surface area contributed by atoms with Crippen LogP contribution >= 0.6 is 0 Å². The van der Waals surface area contributed by atoms with Gasteiger partial charge in [-0.1, -0.05) is 66.7 Å². The van der Waals surface area contributed by atoms with Gasteiger partial charge in [-0.3, -0.25) is 0 Å². The molecule has 0 radical (unpaired) electrons. The first-order chi connectivity index (χ1) is 9.86. The van der Waals surface area contributed by atoms with Crippen LogP contribution in [0.2, 0.25) is 0 Å². The Morgan fingerprint density at radius 3 is 2.30 bits per heavy atom. The number of nitriles is 1. The van der Waals surface area contributed by atoms with Crippen LogP contribution in [0.3, 0.4) is 0 Å². The summed E-state index contributed by atoms with van der Waals surface area (Å²) in [6, 6.07) is 24.4. The number of fused-ring (bicyclic) bond motifs is 1. The number of nitrogens with zero attached hydrogens (tertiary/aromatic N) is 1. The molecular weight excluding hydrogens is 242 g/mol. The predicted octanol–water partition coefficient (Wildman–Crippen LogP) is 4.88. The zero-order valence-corrected chi connectivity index (χ0v) is 11.0. The molecule has 20 heavy (non-hydrogen) atoms. The van der Waals surface area contributed by atoms with Crippen LogP contribution in [0.25, 0.3) is 22.9 Å². The molecule has 0 heterocycles. The SMILES string of the molecule is N#Cc1ccc(C=Cc2cccc3ccccc23)cc1. The van der Waals surface area contributed by atoms with Crippen LogP contribution in [-0.2, 0) is 0 Å². The molecule has 94 valence electrons. The Morgan fingerprint density at radius 1 is 0.750 bits per heavy atom. The highest BCUT2D eigenvalue weighted by molar-refractivity contribution is 5.92. The largest absolute Gasteiger partial charge is 0.192 e. The van der Waals surface area contributed by atoms with Gasteiger partial charge in [0.1, 0.15) is 0 Å². The average molecular weight is 255 g/mol. The van der Waals surface area contributed by atoms with E-state index in [4.69, 9.17) is 5.26 Å². The van der Waals surface area contributed by atoms with E-state index in [0.717, 1.165) is 5.56 Å². The molecule has 0 amide bonds. The summed E-state index contributed by atoms with van der Waals surface area (Å²) in [5.74, 6) is 0. The summed E-state index contributed by atoms with van der Waals surface area (Å²) in [4.78, 5) is 0. The Labute approximate surface area is 118 Å². The third kappa shape index (κ3) is 2.46. The number of benzene rings is 3. The van der Waals surface area contributed by atoms with Gasteiger partial charge in [-0.25, -0.2) is 0 Å². The van der Waals surface area contributed by atoms with Gasteiger partial charge >= 0.3 is 0 Å². The van der Waals surface area contributed by atoms with Crippen LogP contribution in [0.4, 0.5) is 0 Å². The van der Waals surface area contributed by atoms with Crippen LogP contribution < -0.4 is 0 Å². The number of hydrogen-bond acceptors (Lipinski definition) is 1. The summed E-state index contributed by atoms with van der Waals surface area (Å²) < 4.78 is 0. The second kappa shape index (κ2) is 5.42. The first-order valence-corrected chi connectivity index (χ1v) is 6.53. The molecule has 0 unspecified atom stereocenters. The molecule has 0 N–H and O–H groups in total. The van der Waals surface area contributed by atoms with Crippen LogP contribution in [-0.4, -0.2) is 0 Å². The van der Waals surface area contributed by atoms with Crippen molar-refractivity contribution >= 4 is 22.9 Å². The van der Waals surface area contributed by atoms with Gasteiger partial charge in [0.05, 0.1) is 11.6 Å². The molecule has 0 atom stereocenters. The Balaban J connectivity index is 1.96. The van der Waals surface area contributed by atoms with Crippen LogP contribution in [0.1, 0.15) is 16.7 Å². The molecule has 1 nitrogen and oxygen atoms in total. The van der Waals surface area contributed by atoms with Gasteiger partial charge in [0.15, 0.2) is 0 Å². The Hall–Kier alpha value is -2.85. The minimum atomic E-state index is 0.687. The zero-order valence-electron chi connectivity index (χ0n) is 11.0. The van der Waals surface area contributed by atoms with Gasteiger partial charge in [0.25, 0.3) is 0 Å². The lowest BCUT2D eigenvalue weighted by Gasteiger charge is -2.01. The molecule has 3 aromatic carbocycles. The van der Waals surface area contributed by atoms with Crippen molar-refractivity contribution in [2.45, 2.75) is 0 Å². The quantitative estimate of drug-likeness (QED) is 0.598. The van der Waals surface area contributed by atoms with E-state index >= 15 is 0 Å². The summed E-state index contributed by atoms with van der Waals surface area (Å²) in [6.45, 7) is 0. The van der Waals surface area contributed by atoms with Crippen molar-refractivity contribution in [1.82, 2.24) is 0 Å². The van der Waals surface area contributed by atoms with E-state index in [0.29, 0.717) is 5.56 Å². The fraction of sp³-hybridized carbons (Fsp3) is 0. The topological polar surface area (TPSA) is 23.8 Å². The van der Waals surface area contributed by atoms with E-state index in [1.165, 1.54) is 16.3 Å². The van der Waals surface area contributed by atoms with Gasteiger partial charge in [0, 0.05) is 0 Å². The van der Waals surface area contributed by atoms with Crippen molar-refractivity contribution in [3.8, 4) is 6.07 Å². The number of rotatable bonds is 2. The predicted molar refractivity (Wildman–Crippen MR) is 84.0 cm³/mol. The van der Waals surface area contributed by atoms with E-state index in [1.54, 1.807) is 0 Å². The van der Waals surface area contributed by atoms with Crippen molar-refractivity contribution in [3.05, 3.63) is 83.4 Å². The molecule has 0 aliphatic rings. The summed E-state index contributed by atoms with van der Waals surface area (Å²) in [5.41, 5.74) is 2.98. The molecule has 3 rings (SSSR count). The highest BCUT2D eigenvalue weighted by Gasteiger charge is 1.96. The molecule has 0 saturated carbocycles. The molecule has 3 aromatic rings. The molecule has 0 aliphatic heterocycles. The lowest BCUT2D eigenvalue weighted by Crippen LogP contribution is -1.78. The van der Waals surface area contributed by atoms with Crippen molar-refractivity contribution in [2.75, 3.05) is 0 Å². The Morgan fingerprint density at radius 2 is 1.50 bits per heavy atom. The Bertz CT molecular complexity index is 800. The van der Waals surface area contributed by atoms with E-state index in [-0.39, 0.29) is 0 Å². The molecule has 0 bridgehead atoms. The monoisotopic (exact) mass is 255 g/mol. The van der Waals surface area contributed by atoms with Crippen molar-refractivity contribution < 1.29 is 0 Å². The summed E-state index contributed by atoms with van der Waals surface area (Å²) in [6.07, 6.45) is 4.19. The maximum atomic E-state index is 8.79. The maximum absolute atomic E-state index is 8.79. The fourth-order valence-corrected chi connectivity index (χ4v) is 2.25. The van der Waals surface area contributed by atoms with Gasteiger partial charge in [-0.15, -0.1) is 0 Å². The molecule has 0 spiro atoms. The smallest absolute Gasteiger partial charge is 0.0991 e. The van der Waals surface area contributed by atoms with E-state index < -0.39 is 0 Å².